The summed E-state index contributed by atoms with van der Waals surface area (Å²) < 4.78 is 1.33. The molecule has 0 aliphatic rings. The molecule has 0 aliphatic carbocycles. The molecule has 16 heavy (non-hydrogen) atoms. The van der Waals surface area contributed by atoms with Gasteiger partial charge in [0.25, 0.3) is 0 Å². The van der Waals surface area contributed by atoms with Gasteiger partial charge in [0.1, 0.15) is 0 Å². The monoisotopic (exact) mass is 232 g/mol. The zero-order chi connectivity index (χ0) is 11.9. The van der Waals surface area contributed by atoms with E-state index in [1.54, 1.807) is 0 Å². The SMILES string of the molecule is CCCCCCCCCCCCC=C[CH2][Na]. The van der Waals surface area contributed by atoms with Crippen molar-refractivity contribution < 1.29 is 0 Å². The Balaban J connectivity index is 2.90. The first-order chi connectivity index (χ1) is 7.91. The maximum absolute atomic E-state index is 2.37. The molecule has 0 aromatic heterocycles. The molecule has 0 fully saturated rings. The Bertz CT molecular complexity index is 140. The van der Waals surface area contributed by atoms with Crippen LogP contribution >= 0.6 is 0 Å². The summed E-state index contributed by atoms with van der Waals surface area (Å²) in [5.74, 6) is 0. The fourth-order valence-electron chi connectivity index (χ4n) is 2.03. The van der Waals surface area contributed by atoms with Crippen molar-refractivity contribution >= 4 is 27.9 Å². The number of allylic oxidation sites excluding steroid dienone is 2. The van der Waals surface area contributed by atoms with Gasteiger partial charge in [0, 0.05) is 0 Å². The van der Waals surface area contributed by atoms with Gasteiger partial charge in [0.05, 0.1) is 0 Å². The van der Waals surface area contributed by atoms with Crippen molar-refractivity contribution in [3.63, 3.8) is 0 Å². The molecule has 0 aliphatic heterocycles. The molecule has 0 unspecified atom stereocenters. The molecular weight excluding hydrogens is 203 g/mol. The molecule has 0 nitrogen and oxygen atoms in total. The fraction of sp³-hybridized carbons (Fsp3) is 0.867. The molecule has 0 bridgehead atoms. The minimum absolute atomic E-state index is 1.32. The summed E-state index contributed by atoms with van der Waals surface area (Å²) >= 11 is 1.32. The molecular formula is C15H29Na. The summed E-state index contributed by atoms with van der Waals surface area (Å²) in [7, 11) is 0. The fourth-order valence-corrected chi connectivity index (χ4v) is 2.37. The van der Waals surface area contributed by atoms with E-state index in [2.05, 4.69) is 19.1 Å². The van der Waals surface area contributed by atoms with E-state index in [0.717, 1.165) is 0 Å². The van der Waals surface area contributed by atoms with Crippen LogP contribution in [0.4, 0.5) is 0 Å². The normalized spacial score (nSPS) is 11.4. The average molecular weight is 232 g/mol. The Morgan fingerprint density at radius 1 is 0.688 bits per heavy atom. The number of hydrogen-bond acceptors (Lipinski definition) is 0. The van der Waals surface area contributed by atoms with E-state index in [0.29, 0.717) is 0 Å². The van der Waals surface area contributed by atoms with Gasteiger partial charge in [-0.15, -0.1) is 0 Å². The van der Waals surface area contributed by atoms with Gasteiger partial charge >= 0.3 is 102 Å². The Morgan fingerprint density at radius 2 is 1.19 bits per heavy atom. The molecule has 0 amide bonds. The Labute approximate surface area is 121 Å². The third kappa shape index (κ3) is 14.7. The molecule has 0 radical (unpaired) electrons. The first kappa shape index (κ1) is 16.7. The van der Waals surface area contributed by atoms with Gasteiger partial charge in [-0.1, -0.05) is 19.8 Å². The topological polar surface area (TPSA) is 0 Å². The summed E-state index contributed by atoms with van der Waals surface area (Å²) in [6.45, 7) is 2.29. The van der Waals surface area contributed by atoms with E-state index in [9.17, 15) is 0 Å². The second-order valence-corrected chi connectivity index (χ2v) is 5.67. The van der Waals surface area contributed by atoms with E-state index >= 15 is 0 Å². The summed E-state index contributed by atoms with van der Waals surface area (Å²) in [4.78, 5) is 0. The van der Waals surface area contributed by atoms with E-state index in [4.69, 9.17) is 0 Å². The molecule has 90 valence electrons. The molecule has 0 saturated heterocycles. The molecule has 0 rings (SSSR count). The van der Waals surface area contributed by atoms with Crippen LogP contribution in [0.25, 0.3) is 0 Å². The van der Waals surface area contributed by atoms with Crippen LogP contribution in [0.1, 0.15) is 77.6 Å². The van der Waals surface area contributed by atoms with Gasteiger partial charge < -0.3 is 0 Å². The molecule has 0 N–H and O–H groups in total. The predicted molar refractivity (Wildman–Crippen MR) is 76.2 cm³/mol. The summed E-state index contributed by atoms with van der Waals surface area (Å²) in [5, 5.41) is 0. The standard InChI is InChI=1S/C15H29.Na/c1-3-5-7-9-11-13-15-14-12-10-8-6-4-2;/h3,5H,1,4,6-15H2,2H3;. The van der Waals surface area contributed by atoms with Gasteiger partial charge in [0.2, 0.25) is 0 Å². The molecule has 0 aromatic carbocycles. The van der Waals surface area contributed by atoms with Crippen molar-refractivity contribution in [2.24, 2.45) is 0 Å². The third-order valence-corrected chi connectivity index (χ3v) is 3.60. The minimum atomic E-state index is 1.32. The number of rotatable bonds is 12. The van der Waals surface area contributed by atoms with Crippen LogP contribution in [0.15, 0.2) is 12.2 Å². The van der Waals surface area contributed by atoms with Crippen molar-refractivity contribution in [1.82, 2.24) is 0 Å². The van der Waals surface area contributed by atoms with Crippen LogP contribution in [0.5, 0.6) is 0 Å². The molecule has 1 heteroatoms. The van der Waals surface area contributed by atoms with Gasteiger partial charge in [0.15, 0.2) is 0 Å². The van der Waals surface area contributed by atoms with E-state index in [1.165, 1.54) is 102 Å². The van der Waals surface area contributed by atoms with Gasteiger partial charge in [-0.3, -0.25) is 0 Å². The van der Waals surface area contributed by atoms with Crippen molar-refractivity contribution in [2.45, 2.75) is 81.2 Å². The van der Waals surface area contributed by atoms with Crippen LogP contribution in [-0.2, 0) is 0 Å². The van der Waals surface area contributed by atoms with Crippen molar-refractivity contribution in [3.05, 3.63) is 12.2 Å². The molecule has 0 heterocycles. The van der Waals surface area contributed by atoms with E-state index in [-0.39, 0.29) is 0 Å². The van der Waals surface area contributed by atoms with Gasteiger partial charge in [-0.25, -0.2) is 0 Å². The van der Waals surface area contributed by atoms with Crippen LogP contribution in [-0.4, -0.2) is 27.9 Å². The summed E-state index contributed by atoms with van der Waals surface area (Å²) in [6, 6.07) is 0. The summed E-state index contributed by atoms with van der Waals surface area (Å²) in [5.41, 5.74) is 0. The number of hydrogen-bond donors (Lipinski definition) is 0. The second-order valence-electron chi connectivity index (χ2n) is 4.85. The quantitative estimate of drug-likeness (QED) is 0.239. The van der Waals surface area contributed by atoms with E-state index < -0.39 is 0 Å². The van der Waals surface area contributed by atoms with Crippen molar-refractivity contribution in [3.8, 4) is 0 Å². The predicted octanol–water partition coefficient (Wildman–Crippen LogP) is 5.44. The Hall–Kier alpha value is 0.740. The van der Waals surface area contributed by atoms with Crippen molar-refractivity contribution in [1.29, 1.82) is 0 Å². The molecule has 0 saturated carbocycles. The second kappa shape index (κ2) is 15.7. The summed E-state index contributed by atoms with van der Waals surface area (Å²) in [6.07, 6.45) is 20.5. The maximum atomic E-state index is 2.37. The van der Waals surface area contributed by atoms with Crippen LogP contribution in [0.3, 0.4) is 0 Å². The third-order valence-electron chi connectivity index (χ3n) is 3.13. The van der Waals surface area contributed by atoms with Crippen molar-refractivity contribution in [2.75, 3.05) is 0 Å². The molecule has 0 spiro atoms. The first-order valence-electron chi connectivity index (χ1n) is 7.56. The number of unbranched alkanes of at least 4 members (excludes halogenated alkanes) is 10. The van der Waals surface area contributed by atoms with Crippen LogP contribution in [0.2, 0.25) is 3.67 Å². The molecule has 0 atom stereocenters. The molecule has 0 aromatic rings. The Kier molecular flexibility index (Phi) is 16.5. The van der Waals surface area contributed by atoms with Crippen LogP contribution in [0, 0.1) is 0 Å². The van der Waals surface area contributed by atoms with Gasteiger partial charge in [-0.2, -0.15) is 0 Å². The van der Waals surface area contributed by atoms with Crippen LogP contribution < -0.4 is 0 Å². The zero-order valence-electron chi connectivity index (χ0n) is 11.6. The zero-order valence-corrected chi connectivity index (χ0v) is 13.6. The average Bonchev–Trinajstić information content (AvgIpc) is 2.31. The van der Waals surface area contributed by atoms with Gasteiger partial charge in [-0.05, 0) is 0 Å². The Morgan fingerprint density at radius 3 is 1.69 bits per heavy atom. The first-order valence-corrected chi connectivity index (χ1v) is 8.98. The van der Waals surface area contributed by atoms with E-state index in [1.807, 2.05) is 0 Å².